The number of nitrogens with one attached hydrogen (secondary N) is 2. The Morgan fingerprint density at radius 1 is 0.591 bits per heavy atom. The summed E-state index contributed by atoms with van der Waals surface area (Å²) < 4.78 is 0. The van der Waals surface area contributed by atoms with Crippen molar-refractivity contribution >= 4 is 0 Å². The van der Waals surface area contributed by atoms with E-state index in [0.29, 0.717) is 23.5 Å². The standard InChI is InChI=1S/C16H24N6/c1-3-7-11(8-4-1)13-17-15(21-19-13)16-18-14(20-22-16)12-9-5-2-6-10-12/h11-12H,1-10H2,(H,17,19,21)(H,18,20,22). The fraction of sp³-hybridized carbons (Fsp3) is 0.750. The van der Waals surface area contributed by atoms with Crippen LogP contribution in [0.1, 0.15) is 87.7 Å². The fourth-order valence-corrected chi connectivity index (χ4v) is 3.87. The highest BCUT2D eigenvalue weighted by Gasteiger charge is 2.23. The van der Waals surface area contributed by atoms with Crippen LogP contribution in [-0.4, -0.2) is 30.4 Å². The van der Waals surface area contributed by atoms with Gasteiger partial charge < -0.3 is 0 Å². The first-order valence-electron chi connectivity index (χ1n) is 8.75. The molecule has 118 valence electrons. The molecular weight excluding hydrogens is 276 g/mol. The van der Waals surface area contributed by atoms with E-state index < -0.39 is 0 Å². The SMILES string of the molecule is C1CCC(c2nc(-c3n[nH]c(C4CCCCC4)n3)n[nH]2)CC1. The van der Waals surface area contributed by atoms with Crippen LogP contribution in [0.2, 0.25) is 0 Å². The maximum atomic E-state index is 4.65. The van der Waals surface area contributed by atoms with Gasteiger partial charge in [-0.2, -0.15) is 0 Å². The van der Waals surface area contributed by atoms with E-state index in [1.165, 1.54) is 64.2 Å². The molecule has 6 heteroatoms. The average Bonchev–Trinajstić information content (AvgIpc) is 3.26. The van der Waals surface area contributed by atoms with E-state index in [-0.39, 0.29) is 0 Å². The van der Waals surface area contributed by atoms with Crippen molar-refractivity contribution in [3.8, 4) is 11.6 Å². The van der Waals surface area contributed by atoms with E-state index in [1.54, 1.807) is 0 Å². The van der Waals surface area contributed by atoms with E-state index in [9.17, 15) is 0 Å². The summed E-state index contributed by atoms with van der Waals surface area (Å²) in [5, 5.41) is 14.9. The average molecular weight is 300 g/mol. The highest BCUT2D eigenvalue weighted by molar-refractivity contribution is 5.41. The lowest BCUT2D eigenvalue weighted by Gasteiger charge is -2.18. The van der Waals surface area contributed by atoms with Gasteiger partial charge in [0.15, 0.2) is 0 Å². The zero-order valence-electron chi connectivity index (χ0n) is 13.0. The third kappa shape index (κ3) is 2.78. The quantitative estimate of drug-likeness (QED) is 0.905. The Morgan fingerprint density at radius 2 is 1.00 bits per heavy atom. The van der Waals surface area contributed by atoms with Crippen LogP contribution >= 0.6 is 0 Å². The second-order valence-corrected chi connectivity index (χ2v) is 6.76. The van der Waals surface area contributed by atoms with Crippen LogP contribution in [0.25, 0.3) is 11.6 Å². The molecule has 2 aromatic rings. The largest absolute Gasteiger partial charge is 0.262 e. The molecule has 0 aromatic carbocycles. The Balaban J connectivity index is 1.50. The lowest BCUT2D eigenvalue weighted by molar-refractivity contribution is 0.429. The van der Waals surface area contributed by atoms with Crippen LogP contribution in [0.5, 0.6) is 0 Å². The number of hydrogen-bond acceptors (Lipinski definition) is 4. The molecule has 6 nitrogen and oxygen atoms in total. The number of hydrogen-bond donors (Lipinski definition) is 2. The zero-order chi connectivity index (χ0) is 14.8. The maximum absolute atomic E-state index is 4.65. The first-order valence-corrected chi connectivity index (χ1v) is 8.75. The van der Waals surface area contributed by atoms with E-state index in [4.69, 9.17) is 0 Å². The predicted molar refractivity (Wildman–Crippen MR) is 83.4 cm³/mol. The van der Waals surface area contributed by atoms with Crippen molar-refractivity contribution in [2.45, 2.75) is 76.0 Å². The number of aromatic nitrogens is 6. The summed E-state index contributed by atoms with van der Waals surface area (Å²) in [5.74, 6) is 4.37. The van der Waals surface area contributed by atoms with E-state index >= 15 is 0 Å². The predicted octanol–water partition coefficient (Wildman–Crippen LogP) is 3.69. The van der Waals surface area contributed by atoms with Crippen LogP contribution in [0.3, 0.4) is 0 Å². The molecule has 0 saturated heterocycles. The topological polar surface area (TPSA) is 83.1 Å². The zero-order valence-corrected chi connectivity index (χ0v) is 13.0. The van der Waals surface area contributed by atoms with Crippen LogP contribution in [0.4, 0.5) is 0 Å². The highest BCUT2D eigenvalue weighted by atomic mass is 15.3. The van der Waals surface area contributed by atoms with E-state index in [1.807, 2.05) is 0 Å². The highest BCUT2D eigenvalue weighted by Crippen LogP contribution is 2.32. The molecular formula is C16H24N6. The van der Waals surface area contributed by atoms with Crippen molar-refractivity contribution in [3.63, 3.8) is 0 Å². The lowest BCUT2D eigenvalue weighted by atomic mass is 9.89. The minimum atomic E-state index is 0.534. The molecule has 2 aliphatic carbocycles. The molecule has 0 spiro atoms. The summed E-state index contributed by atoms with van der Waals surface area (Å²) in [6, 6.07) is 0. The summed E-state index contributed by atoms with van der Waals surface area (Å²) in [5.41, 5.74) is 0. The van der Waals surface area contributed by atoms with Gasteiger partial charge in [-0.25, -0.2) is 9.97 Å². The van der Waals surface area contributed by atoms with Gasteiger partial charge in [0.2, 0.25) is 11.6 Å². The van der Waals surface area contributed by atoms with Crippen LogP contribution in [0.15, 0.2) is 0 Å². The van der Waals surface area contributed by atoms with Gasteiger partial charge in [-0.05, 0) is 25.7 Å². The van der Waals surface area contributed by atoms with E-state index in [2.05, 4.69) is 30.4 Å². The number of aromatic amines is 2. The summed E-state index contributed by atoms with van der Waals surface area (Å²) >= 11 is 0. The Morgan fingerprint density at radius 3 is 1.41 bits per heavy atom. The minimum Gasteiger partial charge on any atom is -0.262 e. The Kier molecular flexibility index (Phi) is 3.91. The second kappa shape index (κ2) is 6.18. The summed E-state index contributed by atoms with van der Waals surface area (Å²) in [7, 11) is 0. The van der Waals surface area contributed by atoms with Crippen molar-refractivity contribution in [2.24, 2.45) is 0 Å². The van der Waals surface area contributed by atoms with Crippen LogP contribution in [0, 0.1) is 0 Å². The van der Waals surface area contributed by atoms with Crippen molar-refractivity contribution in [1.29, 1.82) is 0 Å². The molecule has 2 saturated carbocycles. The van der Waals surface area contributed by atoms with Crippen molar-refractivity contribution in [1.82, 2.24) is 30.4 Å². The van der Waals surface area contributed by atoms with Gasteiger partial charge in [0.1, 0.15) is 11.6 Å². The van der Waals surface area contributed by atoms with Gasteiger partial charge >= 0.3 is 0 Å². The van der Waals surface area contributed by atoms with Gasteiger partial charge in [-0.3, -0.25) is 10.2 Å². The Bertz CT molecular complexity index is 549. The van der Waals surface area contributed by atoms with Gasteiger partial charge in [0, 0.05) is 11.8 Å². The molecule has 2 N–H and O–H groups in total. The molecule has 4 rings (SSSR count). The third-order valence-corrected chi connectivity index (χ3v) is 5.19. The maximum Gasteiger partial charge on any atom is 0.220 e. The summed E-state index contributed by atoms with van der Waals surface area (Å²) in [4.78, 5) is 9.30. The number of rotatable bonds is 3. The smallest absolute Gasteiger partial charge is 0.220 e. The van der Waals surface area contributed by atoms with Gasteiger partial charge in [0.25, 0.3) is 0 Å². The van der Waals surface area contributed by atoms with Crippen molar-refractivity contribution in [3.05, 3.63) is 11.6 Å². The molecule has 0 amide bonds. The molecule has 2 aliphatic rings. The van der Waals surface area contributed by atoms with E-state index in [0.717, 1.165) is 11.6 Å². The number of H-pyrrole nitrogens is 2. The molecule has 0 atom stereocenters. The van der Waals surface area contributed by atoms with Crippen LogP contribution in [-0.2, 0) is 0 Å². The summed E-state index contributed by atoms with van der Waals surface area (Å²) in [6.45, 7) is 0. The lowest BCUT2D eigenvalue weighted by Crippen LogP contribution is -2.06. The van der Waals surface area contributed by atoms with Crippen LogP contribution < -0.4 is 0 Å². The van der Waals surface area contributed by atoms with Gasteiger partial charge in [-0.15, -0.1) is 10.2 Å². The summed E-state index contributed by atoms with van der Waals surface area (Å²) in [6.07, 6.45) is 12.8. The Labute approximate surface area is 130 Å². The molecule has 0 bridgehead atoms. The number of nitrogens with zero attached hydrogens (tertiary/aromatic N) is 4. The Hall–Kier alpha value is -1.72. The molecule has 0 unspecified atom stereocenters. The monoisotopic (exact) mass is 300 g/mol. The van der Waals surface area contributed by atoms with Gasteiger partial charge in [0.05, 0.1) is 0 Å². The molecule has 2 aromatic heterocycles. The van der Waals surface area contributed by atoms with Crippen molar-refractivity contribution < 1.29 is 0 Å². The molecule has 0 aliphatic heterocycles. The first kappa shape index (κ1) is 13.9. The van der Waals surface area contributed by atoms with Gasteiger partial charge in [-0.1, -0.05) is 38.5 Å². The fourth-order valence-electron chi connectivity index (χ4n) is 3.87. The molecule has 2 heterocycles. The molecule has 2 fully saturated rings. The second-order valence-electron chi connectivity index (χ2n) is 6.76. The molecule has 0 radical (unpaired) electrons. The third-order valence-electron chi connectivity index (χ3n) is 5.19. The first-order chi connectivity index (χ1) is 10.9. The van der Waals surface area contributed by atoms with Crippen molar-refractivity contribution in [2.75, 3.05) is 0 Å². The minimum absolute atomic E-state index is 0.534. The normalized spacial score (nSPS) is 21.3. The molecule has 22 heavy (non-hydrogen) atoms.